The number of aliphatic hydroxyl groups excluding tert-OH is 1. The molecule has 0 aliphatic carbocycles. The van der Waals surface area contributed by atoms with E-state index in [1.54, 1.807) is 24.3 Å². The first-order valence-corrected chi connectivity index (χ1v) is 12.4. The van der Waals surface area contributed by atoms with Gasteiger partial charge in [0.1, 0.15) is 17.2 Å². The van der Waals surface area contributed by atoms with Crippen LogP contribution in [0.5, 0.6) is 0 Å². The van der Waals surface area contributed by atoms with Crippen molar-refractivity contribution >= 4 is 23.3 Å². The van der Waals surface area contributed by atoms with Gasteiger partial charge < -0.3 is 25.0 Å². The fraction of sp³-hybridized carbons (Fsp3) is 0.333. The molecule has 0 saturated carbocycles. The number of likely N-dealkylation sites (tertiary alicyclic amines) is 1. The molecule has 204 valence electrons. The predicted octanol–water partition coefficient (Wildman–Crippen LogP) is 3.38. The Hall–Kier alpha value is -4.03. The number of β-amino-alcohol motifs (C(OH)–C–C–N with tert-alkyl or cyclic N) is 1. The van der Waals surface area contributed by atoms with Crippen molar-refractivity contribution in [3.05, 3.63) is 71.2 Å². The smallest absolute Gasteiger partial charge is 0.389 e. The van der Waals surface area contributed by atoms with E-state index in [2.05, 4.69) is 15.3 Å². The molecule has 12 heteroatoms. The molecule has 0 bridgehead atoms. The summed E-state index contributed by atoms with van der Waals surface area (Å²) in [6.45, 7) is 4.60. The number of halogens is 3. The molecule has 0 unspecified atom stereocenters. The molecule has 2 N–H and O–H groups in total. The van der Waals surface area contributed by atoms with Crippen molar-refractivity contribution in [1.82, 2.24) is 14.9 Å². The molecular weight excluding hydrogens is 515 g/mol. The van der Waals surface area contributed by atoms with Crippen LogP contribution in [0.1, 0.15) is 32.1 Å². The fourth-order valence-corrected chi connectivity index (χ4v) is 4.46. The number of alkyl halides is 3. The van der Waals surface area contributed by atoms with Gasteiger partial charge in [-0.3, -0.25) is 14.6 Å². The summed E-state index contributed by atoms with van der Waals surface area (Å²) in [6, 6.07) is 10.1. The molecule has 1 aromatic carbocycles. The molecule has 5 rings (SSSR count). The van der Waals surface area contributed by atoms with Gasteiger partial charge in [-0.25, -0.2) is 4.98 Å². The lowest BCUT2D eigenvalue weighted by Crippen LogP contribution is -2.53. The molecule has 0 spiro atoms. The first-order chi connectivity index (χ1) is 18.6. The van der Waals surface area contributed by atoms with Crippen LogP contribution < -0.4 is 10.2 Å². The average molecular weight is 542 g/mol. The number of hydrogen-bond acceptors (Lipinski definition) is 7. The molecule has 2 fully saturated rings. The maximum absolute atomic E-state index is 13.1. The van der Waals surface area contributed by atoms with Crippen molar-refractivity contribution in [2.75, 3.05) is 49.6 Å². The van der Waals surface area contributed by atoms with Crippen LogP contribution in [0.15, 0.2) is 48.7 Å². The number of aryl methyl sites for hydroxylation is 1. The van der Waals surface area contributed by atoms with Crippen LogP contribution in [-0.2, 0) is 10.9 Å². The summed E-state index contributed by atoms with van der Waals surface area (Å²) in [5, 5.41) is 12.3. The number of carbonyl (C=O) groups excluding carboxylic acids is 2. The Morgan fingerprint density at radius 3 is 2.49 bits per heavy atom. The number of aliphatic hydroxyl groups is 1. The van der Waals surface area contributed by atoms with Crippen LogP contribution in [0.25, 0.3) is 11.1 Å². The van der Waals surface area contributed by atoms with Gasteiger partial charge in [0.05, 0.1) is 24.9 Å². The number of nitrogens with zero attached hydrogens (tertiary/aromatic N) is 4. The van der Waals surface area contributed by atoms with Crippen LogP contribution >= 0.6 is 0 Å². The zero-order valence-corrected chi connectivity index (χ0v) is 21.0. The topological polar surface area (TPSA) is 108 Å². The number of aromatic nitrogens is 2. The van der Waals surface area contributed by atoms with E-state index in [0.29, 0.717) is 55.0 Å². The summed E-state index contributed by atoms with van der Waals surface area (Å²) in [6.07, 6.45) is -4.21. The van der Waals surface area contributed by atoms with E-state index in [1.807, 2.05) is 17.9 Å². The maximum Gasteiger partial charge on any atom is 0.416 e. The van der Waals surface area contributed by atoms with E-state index in [-0.39, 0.29) is 30.4 Å². The lowest BCUT2D eigenvalue weighted by Gasteiger charge is -2.36. The molecule has 2 aliphatic heterocycles. The van der Waals surface area contributed by atoms with E-state index in [1.165, 1.54) is 4.90 Å². The molecule has 0 atom stereocenters. The summed E-state index contributed by atoms with van der Waals surface area (Å²) >= 11 is 0. The normalized spacial score (nSPS) is 16.1. The van der Waals surface area contributed by atoms with Gasteiger partial charge in [0, 0.05) is 38.1 Å². The maximum atomic E-state index is 13.1. The highest BCUT2D eigenvalue weighted by atomic mass is 19.4. The number of morpholine rings is 1. The molecule has 3 aromatic rings. The minimum atomic E-state index is -4.60. The van der Waals surface area contributed by atoms with E-state index in [9.17, 15) is 27.9 Å². The Morgan fingerprint density at radius 1 is 1.05 bits per heavy atom. The number of ether oxygens (including phenoxy) is 1. The van der Waals surface area contributed by atoms with E-state index < -0.39 is 23.8 Å². The summed E-state index contributed by atoms with van der Waals surface area (Å²) in [7, 11) is 0. The Labute approximate surface area is 222 Å². The molecule has 2 aromatic heterocycles. The van der Waals surface area contributed by atoms with Gasteiger partial charge in [0.15, 0.2) is 0 Å². The molecule has 0 radical (unpaired) electrons. The number of nitrogens with one attached hydrogen (secondary N) is 1. The number of anilines is 2. The van der Waals surface area contributed by atoms with Crippen LogP contribution in [0, 0.1) is 6.92 Å². The van der Waals surface area contributed by atoms with Gasteiger partial charge in [-0.2, -0.15) is 13.2 Å². The van der Waals surface area contributed by atoms with Crippen molar-refractivity contribution in [3.8, 4) is 11.1 Å². The molecular formula is C27H26F3N5O4. The first-order valence-electron chi connectivity index (χ1n) is 12.4. The van der Waals surface area contributed by atoms with Gasteiger partial charge >= 0.3 is 6.18 Å². The second-order valence-electron chi connectivity index (χ2n) is 9.47. The minimum Gasteiger partial charge on any atom is -0.389 e. The number of amides is 2. The first kappa shape index (κ1) is 26.6. The van der Waals surface area contributed by atoms with Gasteiger partial charge in [-0.1, -0.05) is 6.07 Å². The van der Waals surface area contributed by atoms with E-state index in [4.69, 9.17) is 4.74 Å². The summed E-state index contributed by atoms with van der Waals surface area (Å²) in [4.78, 5) is 37.8. The van der Waals surface area contributed by atoms with Gasteiger partial charge in [-0.05, 0) is 60.0 Å². The van der Waals surface area contributed by atoms with Crippen LogP contribution in [0.4, 0.5) is 24.7 Å². The lowest BCUT2D eigenvalue weighted by atomic mass is 9.99. The van der Waals surface area contributed by atoms with Crippen molar-refractivity contribution in [1.29, 1.82) is 0 Å². The SMILES string of the molecule is Cc1ccc(NC(=O)c2cc(C(F)(F)F)ccn2)cc1-c1cc(C(=O)N2CC(O)C2)nc(N2CCOCC2)c1. The molecule has 4 heterocycles. The Kier molecular flexibility index (Phi) is 7.23. The molecule has 9 nitrogen and oxygen atoms in total. The lowest BCUT2D eigenvalue weighted by molar-refractivity contribution is -0.137. The van der Waals surface area contributed by atoms with E-state index >= 15 is 0 Å². The van der Waals surface area contributed by atoms with Crippen LogP contribution in [0.3, 0.4) is 0 Å². The third kappa shape index (κ3) is 5.86. The minimum absolute atomic E-state index is 0.225. The van der Waals surface area contributed by atoms with Crippen LogP contribution in [-0.4, -0.2) is 77.3 Å². The third-order valence-electron chi connectivity index (χ3n) is 6.64. The van der Waals surface area contributed by atoms with E-state index in [0.717, 1.165) is 17.8 Å². The average Bonchev–Trinajstić information content (AvgIpc) is 2.91. The second kappa shape index (κ2) is 10.6. The monoisotopic (exact) mass is 541 g/mol. The molecule has 2 saturated heterocycles. The van der Waals surface area contributed by atoms with Crippen molar-refractivity contribution in [3.63, 3.8) is 0 Å². The van der Waals surface area contributed by atoms with Crippen molar-refractivity contribution in [2.45, 2.75) is 19.2 Å². The van der Waals surface area contributed by atoms with Gasteiger partial charge in [0.2, 0.25) is 0 Å². The second-order valence-corrected chi connectivity index (χ2v) is 9.47. The standard InChI is InChI=1S/C27H26F3N5O4/c1-16-2-3-19(32-25(37)22-12-18(4-5-31-22)27(28,29)30)13-21(16)17-10-23(26(38)35-14-20(36)15-35)33-24(11-17)34-6-8-39-9-7-34/h2-5,10-13,20,36H,6-9,14-15H2,1H3,(H,32,37). The highest BCUT2D eigenvalue weighted by molar-refractivity contribution is 6.03. The summed E-state index contributed by atoms with van der Waals surface area (Å²) in [5.41, 5.74) is 1.48. The van der Waals surface area contributed by atoms with Gasteiger partial charge in [-0.15, -0.1) is 0 Å². The predicted molar refractivity (Wildman–Crippen MR) is 137 cm³/mol. The Balaban J connectivity index is 1.47. The number of benzene rings is 1. The Morgan fingerprint density at radius 2 is 1.79 bits per heavy atom. The van der Waals surface area contributed by atoms with Gasteiger partial charge in [0.25, 0.3) is 11.8 Å². The van der Waals surface area contributed by atoms with Crippen molar-refractivity contribution in [2.24, 2.45) is 0 Å². The zero-order chi connectivity index (χ0) is 27.7. The fourth-order valence-electron chi connectivity index (χ4n) is 4.46. The number of pyridine rings is 2. The summed E-state index contributed by atoms with van der Waals surface area (Å²) < 4.78 is 44.7. The number of carbonyl (C=O) groups is 2. The molecule has 2 aliphatic rings. The number of rotatable bonds is 5. The largest absolute Gasteiger partial charge is 0.416 e. The molecule has 39 heavy (non-hydrogen) atoms. The third-order valence-corrected chi connectivity index (χ3v) is 6.64. The quantitative estimate of drug-likeness (QED) is 0.510. The zero-order valence-electron chi connectivity index (χ0n) is 21.0. The Bertz CT molecular complexity index is 1400. The summed E-state index contributed by atoms with van der Waals surface area (Å²) in [5.74, 6) is -0.483. The van der Waals surface area contributed by atoms with Crippen LogP contribution in [0.2, 0.25) is 0 Å². The molecule has 2 amide bonds. The highest BCUT2D eigenvalue weighted by Gasteiger charge is 2.32. The number of hydrogen-bond donors (Lipinski definition) is 2. The van der Waals surface area contributed by atoms with Crippen molar-refractivity contribution < 1.29 is 32.6 Å². The highest BCUT2D eigenvalue weighted by Crippen LogP contribution is 2.32.